The zero-order valence-electron chi connectivity index (χ0n) is 12.7. The van der Waals surface area contributed by atoms with Crippen molar-refractivity contribution in [1.82, 2.24) is 15.5 Å². The maximum absolute atomic E-state index is 12.5. The third kappa shape index (κ3) is 2.37. The van der Waals surface area contributed by atoms with Gasteiger partial charge in [0.25, 0.3) is 5.91 Å². The Morgan fingerprint density at radius 1 is 1.29 bits per heavy atom. The number of aromatic amines is 1. The van der Waals surface area contributed by atoms with Crippen molar-refractivity contribution in [2.24, 2.45) is 11.8 Å². The third-order valence-electron chi connectivity index (χ3n) is 5.25. The summed E-state index contributed by atoms with van der Waals surface area (Å²) in [5, 5.41) is 10.4. The molecule has 4 rings (SSSR count). The smallest absolute Gasteiger partial charge is 0.272 e. The average Bonchev–Trinajstić information content (AvgIpc) is 3.12. The van der Waals surface area contributed by atoms with Gasteiger partial charge in [0.05, 0.1) is 17.9 Å². The molecule has 0 saturated heterocycles. The van der Waals surface area contributed by atoms with Crippen molar-refractivity contribution >= 4 is 5.91 Å². The number of carbonyl (C=O) groups excluding carboxylic acids is 1. The lowest BCUT2D eigenvalue weighted by Crippen LogP contribution is -2.45. The molecule has 5 heteroatoms. The van der Waals surface area contributed by atoms with Gasteiger partial charge in [-0.3, -0.25) is 9.89 Å². The molecule has 21 heavy (non-hydrogen) atoms. The molecule has 1 aliphatic heterocycles. The van der Waals surface area contributed by atoms with E-state index in [1.807, 2.05) is 13.8 Å². The number of fused-ring (bicyclic) bond motifs is 1. The predicted molar refractivity (Wildman–Crippen MR) is 78.0 cm³/mol. The van der Waals surface area contributed by atoms with Crippen LogP contribution in [0.25, 0.3) is 0 Å². The van der Waals surface area contributed by atoms with Crippen molar-refractivity contribution in [1.29, 1.82) is 0 Å². The second-order valence-corrected chi connectivity index (χ2v) is 7.00. The average molecular weight is 289 g/mol. The second-order valence-electron chi connectivity index (χ2n) is 7.00. The van der Waals surface area contributed by atoms with E-state index >= 15 is 0 Å². The van der Waals surface area contributed by atoms with E-state index in [1.54, 1.807) is 0 Å². The van der Waals surface area contributed by atoms with Crippen LogP contribution in [-0.4, -0.2) is 28.3 Å². The van der Waals surface area contributed by atoms with Gasteiger partial charge in [-0.25, -0.2) is 0 Å². The molecular formula is C16H23N3O2. The summed E-state index contributed by atoms with van der Waals surface area (Å²) < 4.78 is 5.76. The molecule has 0 unspecified atom stereocenters. The van der Waals surface area contributed by atoms with Crippen LogP contribution in [0, 0.1) is 11.8 Å². The molecule has 1 aromatic heterocycles. The molecule has 1 aromatic rings. The van der Waals surface area contributed by atoms with Gasteiger partial charge in [-0.05, 0) is 51.4 Å². The van der Waals surface area contributed by atoms with Gasteiger partial charge in [0.2, 0.25) is 0 Å². The summed E-state index contributed by atoms with van der Waals surface area (Å²) in [6, 6.07) is 0.352. The van der Waals surface area contributed by atoms with Crippen LogP contribution in [0.1, 0.15) is 67.4 Å². The number of nitrogens with one attached hydrogen (secondary N) is 2. The number of H-pyrrole nitrogens is 1. The summed E-state index contributed by atoms with van der Waals surface area (Å²) in [6.45, 7) is 4.04. The van der Waals surface area contributed by atoms with Crippen LogP contribution in [0.4, 0.5) is 0 Å². The highest BCUT2D eigenvalue weighted by Crippen LogP contribution is 2.46. The van der Waals surface area contributed by atoms with Crippen LogP contribution < -0.4 is 5.32 Å². The highest BCUT2D eigenvalue weighted by atomic mass is 16.5. The Kier molecular flexibility index (Phi) is 3.06. The summed E-state index contributed by atoms with van der Waals surface area (Å²) >= 11 is 0. The number of hydrogen-bond donors (Lipinski definition) is 2. The topological polar surface area (TPSA) is 67.0 Å². The van der Waals surface area contributed by atoms with Gasteiger partial charge in [0, 0.05) is 18.0 Å². The van der Waals surface area contributed by atoms with Crippen molar-refractivity contribution in [3.63, 3.8) is 0 Å². The number of aromatic nitrogens is 2. The predicted octanol–water partition coefficient (Wildman–Crippen LogP) is 2.35. The van der Waals surface area contributed by atoms with E-state index in [-0.39, 0.29) is 18.1 Å². The minimum absolute atomic E-state index is 0.0132. The van der Waals surface area contributed by atoms with Crippen molar-refractivity contribution < 1.29 is 9.53 Å². The van der Waals surface area contributed by atoms with Crippen LogP contribution >= 0.6 is 0 Å². The SMILES string of the molecule is C[C@@H]1Cc2c(C(=O)NC3CC(C4CC4)C3)n[nH]c2[C@H](C)O1. The third-order valence-corrected chi connectivity index (χ3v) is 5.25. The minimum Gasteiger partial charge on any atom is -0.369 e. The van der Waals surface area contributed by atoms with Gasteiger partial charge in [-0.1, -0.05) is 0 Å². The van der Waals surface area contributed by atoms with E-state index < -0.39 is 0 Å². The molecule has 3 aliphatic rings. The van der Waals surface area contributed by atoms with Crippen LogP contribution in [0.2, 0.25) is 0 Å². The van der Waals surface area contributed by atoms with Crippen LogP contribution in [0.15, 0.2) is 0 Å². The fourth-order valence-corrected chi connectivity index (χ4v) is 3.85. The molecule has 2 fully saturated rings. The van der Waals surface area contributed by atoms with Gasteiger partial charge in [-0.2, -0.15) is 5.10 Å². The van der Waals surface area contributed by atoms with Gasteiger partial charge >= 0.3 is 0 Å². The minimum atomic E-state index is -0.0203. The number of nitrogens with zero attached hydrogens (tertiary/aromatic N) is 1. The maximum Gasteiger partial charge on any atom is 0.272 e. The van der Waals surface area contributed by atoms with Crippen molar-refractivity contribution in [2.75, 3.05) is 0 Å². The highest BCUT2D eigenvalue weighted by molar-refractivity contribution is 5.94. The lowest BCUT2D eigenvalue weighted by Gasteiger charge is -2.36. The fourth-order valence-electron chi connectivity index (χ4n) is 3.85. The monoisotopic (exact) mass is 289 g/mol. The van der Waals surface area contributed by atoms with Crippen LogP contribution in [0.5, 0.6) is 0 Å². The molecule has 2 heterocycles. The first-order valence-corrected chi connectivity index (χ1v) is 8.15. The molecule has 0 spiro atoms. The quantitative estimate of drug-likeness (QED) is 0.897. The Labute approximate surface area is 124 Å². The van der Waals surface area contributed by atoms with E-state index in [0.717, 1.165) is 42.4 Å². The summed E-state index contributed by atoms with van der Waals surface area (Å²) in [6.07, 6.45) is 5.98. The van der Waals surface area contributed by atoms with Crippen molar-refractivity contribution in [3.05, 3.63) is 17.0 Å². The molecule has 2 aliphatic carbocycles. The molecule has 114 valence electrons. The first-order chi connectivity index (χ1) is 10.1. The molecule has 0 aromatic carbocycles. The second kappa shape index (κ2) is 4.83. The zero-order chi connectivity index (χ0) is 14.6. The molecule has 0 bridgehead atoms. The van der Waals surface area contributed by atoms with Gasteiger partial charge in [0.15, 0.2) is 5.69 Å². The standard InChI is InChI=1S/C16H23N3O2/c1-8-5-13-14(9(2)21-8)18-19-15(13)16(20)17-12-6-11(7-12)10-3-4-10/h8-12H,3-7H2,1-2H3,(H,17,20)(H,18,19)/t8-,9+,11?,12?/m1/s1. The molecule has 0 radical (unpaired) electrons. The van der Waals surface area contributed by atoms with Gasteiger partial charge in [-0.15, -0.1) is 0 Å². The van der Waals surface area contributed by atoms with Gasteiger partial charge < -0.3 is 10.1 Å². The van der Waals surface area contributed by atoms with E-state index in [2.05, 4.69) is 15.5 Å². The summed E-state index contributed by atoms with van der Waals surface area (Å²) in [5.41, 5.74) is 2.57. The van der Waals surface area contributed by atoms with Crippen molar-refractivity contribution in [3.8, 4) is 0 Å². The number of hydrogen-bond acceptors (Lipinski definition) is 3. The Hall–Kier alpha value is -1.36. The van der Waals surface area contributed by atoms with Crippen LogP contribution in [-0.2, 0) is 11.2 Å². The normalized spacial score (nSPS) is 35.0. The molecule has 5 nitrogen and oxygen atoms in total. The van der Waals surface area contributed by atoms with E-state index in [0.29, 0.717) is 11.7 Å². The van der Waals surface area contributed by atoms with Gasteiger partial charge in [0.1, 0.15) is 0 Å². The Balaban J connectivity index is 1.43. The summed E-state index contributed by atoms with van der Waals surface area (Å²) in [7, 11) is 0. The lowest BCUT2D eigenvalue weighted by atomic mass is 9.77. The lowest BCUT2D eigenvalue weighted by molar-refractivity contribution is -0.00698. The molecule has 2 atom stereocenters. The largest absolute Gasteiger partial charge is 0.369 e. The zero-order valence-corrected chi connectivity index (χ0v) is 12.7. The number of ether oxygens (including phenoxy) is 1. The fraction of sp³-hybridized carbons (Fsp3) is 0.750. The number of carbonyl (C=O) groups is 1. The Bertz CT molecular complexity index is 558. The van der Waals surface area contributed by atoms with E-state index in [4.69, 9.17) is 4.74 Å². The summed E-state index contributed by atoms with van der Waals surface area (Å²) in [4.78, 5) is 12.5. The van der Waals surface area contributed by atoms with Crippen molar-refractivity contribution in [2.45, 2.75) is 64.2 Å². The Morgan fingerprint density at radius 2 is 2.05 bits per heavy atom. The number of amides is 1. The molecule has 2 N–H and O–H groups in total. The molecular weight excluding hydrogens is 266 g/mol. The highest BCUT2D eigenvalue weighted by Gasteiger charge is 2.41. The summed E-state index contributed by atoms with van der Waals surface area (Å²) in [5.74, 6) is 1.79. The molecule has 1 amide bonds. The molecule has 2 saturated carbocycles. The van der Waals surface area contributed by atoms with E-state index in [1.165, 1.54) is 12.8 Å². The van der Waals surface area contributed by atoms with E-state index in [9.17, 15) is 4.79 Å². The number of rotatable bonds is 3. The Morgan fingerprint density at radius 3 is 2.76 bits per heavy atom. The first kappa shape index (κ1) is 13.3. The first-order valence-electron chi connectivity index (χ1n) is 8.15. The van der Waals surface area contributed by atoms with Crippen LogP contribution in [0.3, 0.4) is 0 Å². The maximum atomic E-state index is 12.5.